The van der Waals surface area contributed by atoms with E-state index in [1.807, 2.05) is 0 Å². The molecule has 0 aliphatic rings. The molecule has 18 heavy (non-hydrogen) atoms. The molecule has 3 heteroatoms. The van der Waals surface area contributed by atoms with Gasteiger partial charge in [-0.2, -0.15) is 0 Å². The van der Waals surface area contributed by atoms with E-state index in [0.717, 1.165) is 31.1 Å². The molecular weight excluding hydrogens is 244 g/mol. The van der Waals surface area contributed by atoms with Crippen molar-refractivity contribution in [2.24, 2.45) is 0 Å². The summed E-state index contributed by atoms with van der Waals surface area (Å²) < 4.78 is 0. The Balaban J connectivity index is 2.87. The van der Waals surface area contributed by atoms with Crippen LogP contribution in [0.1, 0.15) is 39.7 Å². The zero-order valence-corrected chi connectivity index (χ0v) is 12.7. The average molecular weight is 269 g/mol. The average Bonchev–Trinajstić information content (AvgIpc) is 2.34. The van der Waals surface area contributed by atoms with E-state index in [1.54, 1.807) is 0 Å². The van der Waals surface area contributed by atoms with Gasteiger partial charge in [-0.25, -0.2) is 0 Å². The largest absolute Gasteiger partial charge is 0.369 e. The molecule has 0 amide bonds. The molecule has 1 N–H and O–H groups in total. The fraction of sp³-hybridized carbons (Fsp3) is 0.600. The molecule has 0 radical (unpaired) electrons. The molecule has 0 unspecified atom stereocenters. The summed E-state index contributed by atoms with van der Waals surface area (Å²) in [6, 6.07) is 6.89. The van der Waals surface area contributed by atoms with Gasteiger partial charge in [0.25, 0.3) is 0 Å². The SMILES string of the molecule is CCCN(c1ccc(CNCC)c(Cl)c1)C(C)C. The fourth-order valence-electron chi connectivity index (χ4n) is 2.04. The highest BCUT2D eigenvalue weighted by atomic mass is 35.5. The summed E-state index contributed by atoms with van der Waals surface area (Å²) in [5, 5.41) is 4.16. The Morgan fingerprint density at radius 1 is 1.28 bits per heavy atom. The Morgan fingerprint density at radius 2 is 2.00 bits per heavy atom. The van der Waals surface area contributed by atoms with Gasteiger partial charge < -0.3 is 10.2 Å². The number of nitrogens with zero attached hydrogens (tertiary/aromatic N) is 1. The van der Waals surface area contributed by atoms with Gasteiger partial charge in [-0.15, -0.1) is 0 Å². The van der Waals surface area contributed by atoms with Gasteiger partial charge >= 0.3 is 0 Å². The monoisotopic (exact) mass is 268 g/mol. The quantitative estimate of drug-likeness (QED) is 0.802. The molecule has 0 spiro atoms. The lowest BCUT2D eigenvalue weighted by Gasteiger charge is -2.29. The normalized spacial score (nSPS) is 11.0. The second-order valence-electron chi connectivity index (χ2n) is 4.84. The molecule has 0 bridgehead atoms. The van der Waals surface area contributed by atoms with Gasteiger partial charge in [0, 0.05) is 29.8 Å². The molecule has 0 atom stereocenters. The van der Waals surface area contributed by atoms with Crippen LogP contribution in [0, 0.1) is 0 Å². The number of hydrogen-bond acceptors (Lipinski definition) is 2. The van der Waals surface area contributed by atoms with Crippen molar-refractivity contribution < 1.29 is 0 Å². The standard InChI is InChI=1S/C15H25ClN2/c1-5-9-18(12(3)4)14-8-7-13(11-17-6-2)15(16)10-14/h7-8,10,12,17H,5-6,9,11H2,1-4H3. The molecule has 1 aromatic carbocycles. The second-order valence-corrected chi connectivity index (χ2v) is 5.25. The number of nitrogens with one attached hydrogen (secondary N) is 1. The van der Waals surface area contributed by atoms with E-state index in [2.05, 4.69) is 56.1 Å². The number of benzene rings is 1. The second kappa shape index (κ2) is 7.65. The van der Waals surface area contributed by atoms with Crippen molar-refractivity contribution in [3.8, 4) is 0 Å². The van der Waals surface area contributed by atoms with Gasteiger partial charge in [-0.1, -0.05) is 31.5 Å². The van der Waals surface area contributed by atoms with E-state index in [4.69, 9.17) is 11.6 Å². The van der Waals surface area contributed by atoms with E-state index < -0.39 is 0 Å². The summed E-state index contributed by atoms with van der Waals surface area (Å²) in [4.78, 5) is 2.39. The van der Waals surface area contributed by atoms with E-state index in [-0.39, 0.29) is 0 Å². The Labute approximate surface area is 116 Å². The molecule has 0 fully saturated rings. The first-order valence-corrected chi connectivity index (χ1v) is 7.23. The molecule has 1 aromatic rings. The first-order valence-electron chi connectivity index (χ1n) is 6.85. The maximum Gasteiger partial charge on any atom is 0.0471 e. The topological polar surface area (TPSA) is 15.3 Å². The lowest BCUT2D eigenvalue weighted by atomic mass is 10.1. The fourth-order valence-corrected chi connectivity index (χ4v) is 2.29. The van der Waals surface area contributed by atoms with Crippen molar-refractivity contribution in [2.45, 2.75) is 46.7 Å². The van der Waals surface area contributed by atoms with Crippen molar-refractivity contribution >= 4 is 17.3 Å². The van der Waals surface area contributed by atoms with Crippen LogP contribution in [0.25, 0.3) is 0 Å². The van der Waals surface area contributed by atoms with Crippen LogP contribution in [0.5, 0.6) is 0 Å². The smallest absolute Gasteiger partial charge is 0.0471 e. The highest BCUT2D eigenvalue weighted by Gasteiger charge is 2.11. The summed E-state index contributed by atoms with van der Waals surface area (Å²) >= 11 is 6.35. The van der Waals surface area contributed by atoms with Gasteiger partial charge in [0.2, 0.25) is 0 Å². The third-order valence-electron chi connectivity index (χ3n) is 3.02. The molecule has 0 aliphatic heterocycles. The number of halogens is 1. The van der Waals surface area contributed by atoms with Gasteiger partial charge in [0.1, 0.15) is 0 Å². The van der Waals surface area contributed by atoms with E-state index in [0.29, 0.717) is 6.04 Å². The minimum Gasteiger partial charge on any atom is -0.369 e. The van der Waals surface area contributed by atoms with Gasteiger partial charge in [-0.05, 0) is 44.5 Å². The van der Waals surface area contributed by atoms with Crippen molar-refractivity contribution in [3.05, 3.63) is 28.8 Å². The van der Waals surface area contributed by atoms with Crippen LogP contribution in [0.15, 0.2) is 18.2 Å². The highest BCUT2D eigenvalue weighted by molar-refractivity contribution is 6.31. The summed E-state index contributed by atoms with van der Waals surface area (Å²) in [5.74, 6) is 0. The minimum atomic E-state index is 0.501. The molecule has 2 nitrogen and oxygen atoms in total. The van der Waals surface area contributed by atoms with Crippen molar-refractivity contribution in [1.29, 1.82) is 0 Å². The van der Waals surface area contributed by atoms with Crippen LogP contribution in [-0.4, -0.2) is 19.1 Å². The van der Waals surface area contributed by atoms with Crippen LogP contribution in [-0.2, 0) is 6.54 Å². The van der Waals surface area contributed by atoms with Crippen LogP contribution < -0.4 is 10.2 Å². The first-order chi connectivity index (χ1) is 8.60. The summed E-state index contributed by atoms with van der Waals surface area (Å²) in [7, 11) is 0. The summed E-state index contributed by atoms with van der Waals surface area (Å²) in [6.07, 6.45) is 1.15. The maximum atomic E-state index is 6.35. The molecule has 0 saturated heterocycles. The number of rotatable bonds is 7. The lowest BCUT2D eigenvalue weighted by Crippen LogP contribution is -2.31. The van der Waals surface area contributed by atoms with Crippen LogP contribution in [0.2, 0.25) is 5.02 Å². The Hall–Kier alpha value is -0.730. The van der Waals surface area contributed by atoms with Crippen molar-refractivity contribution in [1.82, 2.24) is 5.32 Å². The van der Waals surface area contributed by atoms with E-state index in [1.165, 1.54) is 11.3 Å². The van der Waals surface area contributed by atoms with Crippen LogP contribution in [0.3, 0.4) is 0 Å². The molecule has 0 aromatic heterocycles. The Kier molecular flexibility index (Phi) is 6.51. The van der Waals surface area contributed by atoms with Crippen LogP contribution >= 0.6 is 11.6 Å². The zero-order valence-electron chi connectivity index (χ0n) is 12.0. The zero-order chi connectivity index (χ0) is 13.5. The molecule has 102 valence electrons. The molecular formula is C15H25ClN2. The van der Waals surface area contributed by atoms with E-state index >= 15 is 0 Å². The molecule has 0 saturated carbocycles. The minimum absolute atomic E-state index is 0.501. The molecule has 0 heterocycles. The van der Waals surface area contributed by atoms with Gasteiger partial charge in [-0.3, -0.25) is 0 Å². The van der Waals surface area contributed by atoms with Gasteiger partial charge in [0.15, 0.2) is 0 Å². The highest BCUT2D eigenvalue weighted by Crippen LogP contribution is 2.25. The third-order valence-corrected chi connectivity index (χ3v) is 3.37. The summed E-state index contributed by atoms with van der Waals surface area (Å²) in [6.45, 7) is 11.6. The molecule has 0 aliphatic carbocycles. The van der Waals surface area contributed by atoms with Crippen molar-refractivity contribution in [2.75, 3.05) is 18.0 Å². The van der Waals surface area contributed by atoms with Crippen LogP contribution in [0.4, 0.5) is 5.69 Å². The Morgan fingerprint density at radius 3 is 2.50 bits per heavy atom. The summed E-state index contributed by atoms with van der Waals surface area (Å²) in [5.41, 5.74) is 2.39. The van der Waals surface area contributed by atoms with Gasteiger partial charge in [0.05, 0.1) is 0 Å². The van der Waals surface area contributed by atoms with Crippen molar-refractivity contribution in [3.63, 3.8) is 0 Å². The maximum absolute atomic E-state index is 6.35. The molecule has 1 rings (SSSR count). The first kappa shape index (κ1) is 15.3. The predicted molar refractivity (Wildman–Crippen MR) is 81.6 cm³/mol. The third kappa shape index (κ3) is 4.18. The lowest BCUT2D eigenvalue weighted by molar-refractivity contribution is 0.670. The Bertz CT molecular complexity index is 364. The number of hydrogen-bond donors (Lipinski definition) is 1. The predicted octanol–water partition coefficient (Wildman–Crippen LogP) is 4.07. The van der Waals surface area contributed by atoms with E-state index in [9.17, 15) is 0 Å². The number of anilines is 1.